The van der Waals surface area contributed by atoms with Crippen molar-refractivity contribution in [3.63, 3.8) is 0 Å². The van der Waals surface area contributed by atoms with Crippen LogP contribution < -0.4 is 5.32 Å². The fourth-order valence-corrected chi connectivity index (χ4v) is 3.50. The van der Waals surface area contributed by atoms with Crippen LogP contribution in [0.2, 0.25) is 0 Å². The average Bonchev–Trinajstić information content (AvgIpc) is 2.73. The van der Waals surface area contributed by atoms with Gasteiger partial charge in [-0.3, -0.25) is 9.59 Å². The zero-order valence-electron chi connectivity index (χ0n) is 16.5. The monoisotopic (exact) mass is 391 g/mol. The summed E-state index contributed by atoms with van der Waals surface area (Å²) in [5.41, 5.74) is 2.08. The molecule has 150 valence electrons. The van der Waals surface area contributed by atoms with Gasteiger partial charge in [-0.15, -0.1) is 0 Å². The lowest BCUT2D eigenvalue weighted by atomic mass is 9.80. The van der Waals surface area contributed by atoms with E-state index in [1.165, 1.54) is 6.20 Å². The van der Waals surface area contributed by atoms with Crippen molar-refractivity contribution in [3.8, 4) is 0 Å². The molecule has 1 unspecified atom stereocenters. The van der Waals surface area contributed by atoms with Crippen molar-refractivity contribution in [2.45, 2.75) is 38.1 Å². The number of benzene rings is 2. The van der Waals surface area contributed by atoms with Gasteiger partial charge in [-0.1, -0.05) is 60.7 Å². The third-order valence-corrected chi connectivity index (χ3v) is 5.02. The number of nitrogens with one attached hydrogen (secondary N) is 1. The normalized spacial score (nSPS) is 17.6. The fourth-order valence-electron chi connectivity index (χ4n) is 3.50. The van der Waals surface area contributed by atoms with Gasteiger partial charge in [0.05, 0.1) is 12.2 Å². The number of carbonyl (C=O) groups is 3. The molecule has 0 bridgehead atoms. The van der Waals surface area contributed by atoms with E-state index < -0.39 is 12.0 Å². The van der Waals surface area contributed by atoms with E-state index in [0.717, 1.165) is 11.1 Å². The lowest BCUT2D eigenvalue weighted by molar-refractivity contribution is -0.145. The summed E-state index contributed by atoms with van der Waals surface area (Å²) in [4.78, 5) is 37.6. The molecule has 1 aliphatic rings. The third-order valence-electron chi connectivity index (χ3n) is 5.02. The minimum Gasteiger partial charge on any atom is -0.464 e. The summed E-state index contributed by atoms with van der Waals surface area (Å²) in [6, 6.07) is 18.5. The molecule has 1 N–H and O–H groups in total. The van der Waals surface area contributed by atoms with Crippen LogP contribution in [0.5, 0.6) is 0 Å². The molecular formula is C24H25NO4. The molecule has 0 amide bonds. The van der Waals surface area contributed by atoms with Crippen molar-refractivity contribution in [1.82, 2.24) is 5.32 Å². The Morgan fingerprint density at radius 2 is 1.62 bits per heavy atom. The van der Waals surface area contributed by atoms with E-state index in [4.69, 9.17) is 4.74 Å². The van der Waals surface area contributed by atoms with Crippen molar-refractivity contribution in [3.05, 3.63) is 83.6 Å². The Morgan fingerprint density at radius 1 is 1.03 bits per heavy atom. The molecule has 2 aromatic rings. The fraction of sp³-hybridized carbons (Fsp3) is 0.292. The molecule has 0 radical (unpaired) electrons. The van der Waals surface area contributed by atoms with Gasteiger partial charge >= 0.3 is 5.97 Å². The summed E-state index contributed by atoms with van der Waals surface area (Å²) in [5.74, 6) is -0.917. The van der Waals surface area contributed by atoms with Crippen molar-refractivity contribution in [1.29, 1.82) is 0 Å². The molecule has 0 saturated heterocycles. The molecule has 5 nitrogen and oxygen atoms in total. The summed E-state index contributed by atoms with van der Waals surface area (Å²) in [7, 11) is 0. The second-order valence-electron chi connectivity index (χ2n) is 7.08. The third kappa shape index (κ3) is 5.41. The van der Waals surface area contributed by atoms with Gasteiger partial charge in [0.1, 0.15) is 6.04 Å². The summed E-state index contributed by atoms with van der Waals surface area (Å²) in [5, 5.41) is 2.96. The van der Waals surface area contributed by atoms with Crippen LogP contribution in [0.25, 0.3) is 0 Å². The molecule has 0 aromatic heterocycles. The van der Waals surface area contributed by atoms with Crippen LogP contribution in [0.4, 0.5) is 0 Å². The molecule has 0 aliphatic heterocycles. The highest BCUT2D eigenvalue weighted by molar-refractivity contribution is 6.22. The van der Waals surface area contributed by atoms with Crippen molar-refractivity contribution >= 4 is 17.5 Å². The molecule has 5 heteroatoms. The zero-order chi connectivity index (χ0) is 20.6. The van der Waals surface area contributed by atoms with Crippen LogP contribution in [0.3, 0.4) is 0 Å². The number of esters is 1. The SMILES string of the molecule is CCOC(=O)C(Cc1ccccc1)NC=C1C(=O)CC(c2ccccc2)CC1=O. The number of Topliss-reactive ketones (excluding diaryl/α,β-unsaturated/α-hetero) is 2. The Hall–Kier alpha value is -3.21. The number of hydrogen-bond donors (Lipinski definition) is 1. The van der Waals surface area contributed by atoms with E-state index >= 15 is 0 Å². The minimum atomic E-state index is -0.669. The predicted molar refractivity (Wildman–Crippen MR) is 110 cm³/mol. The average molecular weight is 391 g/mol. The molecule has 0 spiro atoms. The van der Waals surface area contributed by atoms with Crippen LogP contribution >= 0.6 is 0 Å². The lowest BCUT2D eigenvalue weighted by Crippen LogP contribution is -2.38. The molecule has 1 saturated carbocycles. The zero-order valence-corrected chi connectivity index (χ0v) is 16.5. The smallest absolute Gasteiger partial charge is 0.328 e. The van der Waals surface area contributed by atoms with Gasteiger partial charge in [0.25, 0.3) is 0 Å². The highest BCUT2D eigenvalue weighted by Gasteiger charge is 2.31. The summed E-state index contributed by atoms with van der Waals surface area (Å²) < 4.78 is 5.14. The first kappa shape index (κ1) is 20.5. The van der Waals surface area contributed by atoms with Crippen LogP contribution in [0.1, 0.15) is 36.8 Å². The van der Waals surface area contributed by atoms with Crippen LogP contribution in [0.15, 0.2) is 72.4 Å². The molecule has 0 heterocycles. The number of allylic oxidation sites excluding steroid dienone is 1. The van der Waals surface area contributed by atoms with Crippen molar-refractivity contribution in [2.75, 3.05) is 6.61 Å². The molecule has 1 atom stereocenters. The molecule has 2 aromatic carbocycles. The Bertz CT molecular complexity index is 870. The maximum atomic E-state index is 12.6. The van der Waals surface area contributed by atoms with Gasteiger partial charge < -0.3 is 10.1 Å². The highest BCUT2D eigenvalue weighted by Crippen LogP contribution is 2.31. The maximum Gasteiger partial charge on any atom is 0.328 e. The van der Waals surface area contributed by atoms with E-state index in [1.54, 1.807) is 6.92 Å². The quantitative estimate of drug-likeness (QED) is 0.445. The summed E-state index contributed by atoms with van der Waals surface area (Å²) in [6.45, 7) is 2.01. The summed E-state index contributed by atoms with van der Waals surface area (Å²) in [6.07, 6.45) is 2.37. The second-order valence-corrected chi connectivity index (χ2v) is 7.08. The van der Waals surface area contributed by atoms with Crippen molar-refractivity contribution in [2.24, 2.45) is 0 Å². The van der Waals surface area contributed by atoms with Crippen LogP contribution in [0, 0.1) is 0 Å². The predicted octanol–water partition coefficient (Wildman–Crippen LogP) is 3.35. The maximum absolute atomic E-state index is 12.6. The summed E-state index contributed by atoms with van der Waals surface area (Å²) >= 11 is 0. The number of carbonyl (C=O) groups excluding carboxylic acids is 3. The van der Waals surface area contributed by atoms with Gasteiger partial charge in [-0.25, -0.2) is 4.79 Å². The largest absolute Gasteiger partial charge is 0.464 e. The molecule has 1 fully saturated rings. The van der Waals surface area contributed by atoms with Gasteiger partial charge in [0.2, 0.25) is 0 Å². The second kappa shape index (κ2) is 9.82. The van der Waals surface area contributed by atoms with E-state index in [0.29, 0.717) is 6.42 Å². The number of ether oxygens (including phenoxy) is 1. The van der Waals surface area contributed by atoms with E-state index in [9.17, 15) is 14.4 Å². The van der Waals surface area contributed by atoms with E-state index in [2.05, 4.69) is 5.32 Å². The number of hydrogen-bond acceptors (Lipinski definition) is 5. The van der Waals surface area contributed by atoms with E-state index in [-0.39, 0.29) is 42.5 Å². The minimum absolute atomic E-state index is 0.0986. The number of ketones is 2. The molecular weight excluding hydrogens is 366 g/mol. The first-order valence-corrected chi connectivity index (χ1v) is 9.86. The highest BCUT2D eigenvalue weighted by atomic mass is 16.5. The molecule has 3 rings (SSSR count). The Labute approximate surface area is 170 Å². The Kier molecular flexibility index (Phi) is 6.95. The van der Waals surface area contributed by atoms with Crippen molar-refractivity contribution < 1.29 is 19.1 Å². The molecule has 29 heavy (non-hydrogen) atoms. The topological polar surface area (TPSA) is 72.5 Å². The lowest BCUT2D eigenvalue weighted by Gasteiger charge is -2.23. The molecule has 1 aliphatic carbocycles. The van der Waals surface area contributed by atoms with Crippen LogP contribution in [-0.4, -0.2) is 30.2 Å². The standard InChI is InChI=1S/C24H25NO4/c1-2-29-24(28)21(13-17-9-5-3-6-10-17)25-16-20-22(26)14-19(15-23(20)27)18-11-7-4-8-12-18/h3-12,16,19,21,25H,2,13-15H2,1H3. The van der Waals surface area contributed by atoms with Crippen LogP contribution in [-0.2, 0) is 25.5 Å². The first-order chi connectivity index (χ1) is 14.1. The van der Waals surface area contributed by atoms with Gasteiger partial charge in [0.15, 0.2) is 11.6 Å². The van der Waals surface area contributed by atoms with Gasteiger partial charge in [0, 0.05) is 25.5 Å². The first-order valence-electron chi connectivity index (χ1n) is 9.86. The van der Waals surface area contributed by atoms with Gasteiger partial charge in [-0.2, -0.15) is 0 Å². The number of rotatable bonds is 7. The van der Waals surface area contributed by atoms with E-state index in [1.807, 2.05) is 60.7 Å². The Morgan fingerprint density at radius 3 is 2.21 bits per heavy atom. The van der Waals surface area contributed by atoms with Gasteiger partial charge in [-0.05, 0) is 24.0 Å². The Balaban J connectivity index is 1.72.